The largest absolute Gasteiger partial charge is 0.456 e. The van der Waals surface area contributed by atoms with Gasteiger partial charge in [-0.25, -0.2) is 14.2 Å². The number of anilines is 1. The van der Waals surface area contributed by atoms with Crippen molar-refractivity contribution in [2.75, 3.05) is 5.73 Å². The molecule has 2 N–H and O–H groups in total. The number of nitrogens with zero attached hydrogens (tertiary/aromatic N) is 1. The number of esters is 1. The molecule has 0 unspecified atom stereocenters. The highest BCUT2D eigenvalue weighted by molar-refractivity contribution is 9.10. The van der Waals surface area contributed by atoms with E-state index >= 15 is 0 Å². The zero-order valence-corrected chi connectivity index (χ0v) is 11.4. The van der Waals surface area contributed by atoms with Gasteiger partial charge in [0.05, 0.1) is 11.9 Å². The third-order valence-corrected chi connectivity index (χ3v) is 2.86. The number of carbonyl (C=O) groups excluding carboxylic acids is 1. The lowest BCUT2D eigenvalue weighted by molar-refractivity contribution is 0.0462. The molecular weight excluding hydrogens is 315 g/mol. The molecule has 19 heavy (non-hydrogen) atoms. The van der Waals surface area contributed by atoms with E-state index in [1.165, 1.54) is 18.3 Å². The fourth-order valence-corrected chi connectivity index (χ4v) is 1.81. The summed E-state index contributed by atoms with van der Waals surface area (Å²) >= 11 is 3.22. The van der Waals surface area contributed by atoms with Crippen molar-refractivity contribution in [2.24, 2.45) is 0 Å². The van der Waals surface area contributed by atoms with Gasteiger partial charge in [0.15, 0.2) is 0 Å². The molecule has 0 spiro atoms. The van der Waals surface area contributed by atoms with Gasteiger partial charge >= 0.3 is 5.97 Å². The molecule has 2 aromatic rings. The first-order chi connectivity index (χ1) is 9.06. The number of halogens is 2. The summed E-state index contributed by atoms with van der Waals surface area (Å²) in [6.07, 6.45) is 1.36. The number of hydrogen-bond acceptors (Lipinski definition) is 4. The molecule has 0 aliphatic carbocycles. The molecule has 98 valence electrons. The van der Waals surface area contributed by atoms with E-state index in [1.54, 1.807) is 18.2 Å². The van der Waals surface area contributed by atoms with E-state index in [-0.39, 0.29) is 17.9 Å². The number of nitrogen functional groups attached to an aromatic ring is 1. The molecule has 0 saturated heterocycles. The average molecular weight is 325 g/mol. The van der Waals surface area contributed by atoms with Crippen LogP contribution in [0.1, 0.15) is 16.1 Å². The predicted molar refractivity (Wildman–Crippen MR) is 71.9 cm³/mol. The third-order valence-electron chi connectivity index (χ3n) is 2.36. The lowest BCUT2D eigenvalue weighted by Crippen LogP contribution is -2.08. The van der Waals surface area contributed by atoms with Crippen molar-refractivity contribution in [3.63, 3.8) is 0 Å². The Kier molecular flexibility index (Phi) is 4.11. The maximum atomic E-state index is 13.4. The van der Waals surface area contributed by atoms with Crippen molar-refractivity contribution < 1.29 is 13.9 Å². The number of nitrogens with two attached hydrogens (primary N) is 1. The average Bonchev–Trinajstić information content (AvgIpc) is 2.40. The Labute approximate surface area is 117 Å². The van der Waals surface area contributed by atoms with Crippen LogP contribution in [-0.2, 0) is 11.3 Å². The highest BCUT2D eigenvalue weighted by Gasteiger charge is 2.10. The van der Waals surface area contributed by atoms with Gasteiger partial charge in [-0.2, -0.15) is 0 Å². The Morgan fingerprint density at radius 3 is 2.84 bits per heavy atom. The van der Waals surface area contributed by atoms with Crippen molar-refractivity contribution >= 4 is 27.6 Å². The van der Waals surface area contributed by atoms with E-state index in [2.05, 4.69) is 20.9 Å². The fourth-order valence-electron chi connectivity index (χ4n) is 1.40. The molecule has 2 rings (SSSR count). The Balaban J connectivity index is 2.04. The molecule has 6 heteroatoms. The van der Waals surface area contributed by atoms with Gasteiger partial charge in [0.1, 0.15) is 18.1 Å². The highest BCUT2D eigenvalue weighted by atomic mass is 79.9. The molecule has 4 nitrogen and oxygen atoms in total. The van der Waals surface area contributed by atoms with Gasteiger partial charge in [-0.1, -0.05) is 15.9 Å². The lowest BCUT2D eigenvalue weighted by atomic mass is 10.2. The summed E-state index contributed by atoms with van der Waals surface area (Å²) in [5.41, 5.74) is 6.33. The van der Waals surface area contributed by atoms with E-state index in [0.29, 0.717) is 10.2 Å². The van der Waals surface area contributed by atoms with Crippen LogP contribution in [0.5, 0.6) is 0 Å². The number of hydrogen-bond donors (Lipinski definition) is 1. The molecule has 0 fully saturated rings. The van der Waals surface area contributed by atoms with Crippen LogP contribution in [0.15, 0.2) is 41.0 Å². The molecule has 1 aromatic heterocycles. The van der Waals surface area contributed by atoms with Crippen LogP contribution in [0.3, 0.4) is 0 Å². The summed E-state index contributed by atoms with van der Waals surface area (Å²) in [7, 11) is 0. The first kappa shape index (κ1) is 13.5. The summed E-state index contributed by atoms with van der Waals surface area (Å²) in [5.74, 6) is -1.05. The van der Waals surface area contributed by atoms with E-state index in [9.17, 15) is 9.18 Å². The van der Waals surface area contributed by atoms with Crippen LogP contribution < -0.4 is 5.73 Å². The summed E-state index contributed by atoms with van der Waals surface area (Å²) in [6.45, 7) is -0.157. The van der Waals surface area contributed by atoms with E-state index in [4.69, 9.17) is 10.5 Å². The van der Waals surface area contributed by atoms with Crippen molar-refractivity contribution in [1.29, 1.82) is 0 Å². The number of benzene rings is 1. The Morgan fingerprint density at radius 1 is 1.37 bits per heavy atom. The quantitative estimate of drug-likeness (QED) is 0.881. The summed E-state index contributed by atoms with van der Waals surface area (Å²) in [4.78, 5) is 15.5. The molecule has 0 radical (unpaired) electrons. The zero-order chi connectivity index (χ0) is 13.8. The fraction of sp³-hybridized carbons (Fsp3) is 0.0769. The molecular formula is C13H10BrFN2O2. The number of rotatable bonds is 3. The van der Waals surface area contributed by atoms with Crippen LogP contribution in [0, 0.1) is 5.82 Å². The number of ether oxygens (including phenoxy) is 1. The summed E-state index contributed by atoms with van der Waals surface area (Å²) in [6, 6.07) is 7.42. The number of pyridine rings is 1. The zero-order valence-electron chi connectivity index (χ0n) is 9.77. The summed E-state index contributed by atoms with van der Waals surface area (Å²) < 4.78 is 19.1. The van der Waals surface area contributed by atoms with Crippen molar-refractivity contribution in [3.8, 4) is 0 Å². The van der Waals surface area contributed by atoms with Gasteiger partial charge in [0.25, 0.3) is 0 Å². The number of aromatic nitrogens is 1. The minimum Gasteiger partial charge on any atom is -0.456 e. The van der Waals surface area contributed by atoms with Gasteiger partial charge in [-0.05, 0) is 30.3 Å². The van der Waals surface area contributed by atoms with Crippen molar-refractivity contribution in [1.82, 2.24) is 4.98 Å². The second kappa shape index (κ2) is 5.79. The Bertz CT molecular complexity index is 602. The normalized spacial score (nSPS) is 10.2. The molecule has 0 atom stereocenters. The van der Waals surface area contributed by atoms with Crippen LogP contribution in [-0.4, -0.2) is 11.0 Å². The van der Waals surface area contributed by atoms with Gasteiger partial charge in [-0.3, -0.25) is 0 Å². The van der Waals surface area contributed by atoms with Crippen LogP contribution >= 0.6 is 15.9 Å². The monoisotopic (exact) mass is 324 g/mol. The Hall–Kier alpha value is -1.95. The van der Waals surface area contributed by atoms with Crippen molar-refractivity contribution in [3.05, 3.63) is 58.1 Å². The first-order valence-electron chi connectivity index (χ1n) is 5.39. The van der Waals surface area contributed by atoms with E-state index < -0.39 is 11.8 Å². The van der Waals surface area contributed by atoms with Crippen molar-refractivity contribution in [2.45, 2.75) is 6.61 Å². The minimum absolute atomic E-state index is 0.129. The predicted octanol–water partition coefficient (Wildman–Crippen LogP) is 2.92. The maximum Gasteiger partial charge on any atom is 0.357 e. The maximum absolute atomic E-state index is 13.4. The highest BCUT2D eigenvalue weighted by Crippen LogP contribution is 2.16. The smallest absolute Gasteiger partial charge is 0.357 e. The SMILES string of the molecule is Nc1ccc(C(=O)OCc2cc(Br)ccc2F)nc1. The van der Waals surface area contributed by atoms with Crippen LogP contribution in [0.4, 0.5) is 10.1 Å². The molecule has 0 aliphatic rings. The van der Waals surface area contributed by atoms with E-state index in [0.717, 1.165) is 0 Å². The molecule has 1 aromatic carbocycles. The topological polar surface area (TPSA) is 65.2 Å². The van der Waals surface area contributed by atoms with Crippen LogP contribution in [0.25, 0.3) is 0 Å². The van der Waals surface area contributed by atoms with Crippen LogP contribution in [0.2, 0.25) is 0 Å². The molecule has 0 saturated carbocycles. The molecule has 0 bridgehead atoms. The standard InChI is InChI=1S/C13H10BrFN2O2/c14-9-1-3-11(15)8(5-9)7-19-13(18)12-4-2-10(16)6-17-12/h1-6H,7,16H2. The van der Waals surface area contributed by atoms with Gasteiger partial charge in [0.2, 0.25) is 0 Å². The number of carbonyl (C=O) groups is 1. The second-order valence-electron chi connectivity index (χ2n) is 3.79. The van der Waals surface area contributed by atoms with Gasteiger partial charge in [0, 0.05) is 10.0 Å². The molecule has 0 aliphatic heterocycles. The molecule has 1 heterocycles. The third kappa shape index (κ3) is 3.51. The Morgan fingerprint density at radius 2 is 2.16 bits per heavy atom. The van der Waals surface area contributed by atoms with Gasteiger partial charge < -0.3 is 10.5 Å². The summed E-state index contributed by atoms with van der Waals surface area (Å²) in [5, 5.41) is 0. The van der Waals surface area contributed by atoms with Gasteiger partial charge in [-0.15, -0.1) is 0 Å². The van der Waals surface area contributed by atoms with E-state index in [1.807, 2.05) is 0 Å². The minimum atomic E-state index is -0.626. The second-order valence-corrected chi connectivity index (χ2v) is 4.70. The lowest BCUT2D eigenvalue weighted by Gasteiger charge is -2.06. The molecule has 0 amide bonds. The first-order valence-corrected chi connectivity index (χ1v) is 6.18.